The Kier molecular flexibility index (Phi) is 27.2. The second-order valence-corrected chi connectivity index (χ2v) is 24.2. The number of ether oxygens (including phenoxy) is 4. The molecule has 6 fully saturated rings. The SMILES string of the molecule is CC(C)(C)OC(=O)N1C2CCC1CC(O)C2.CC(C)(C)OC(=O)N1C2CCC1CC(OCc1ccc(CF)cc1)C2.Cl.FCc1ccc(CCl)cc1.FCc1ccc(COC2CC3CCC(C2)N3)cc1.OCc1ccc(CCl)cc1. The molecule has 10 rings (SSSR count). The molecule has 6 aliphatic rings. The van der Waals surface area contributed by atoms with Gasteiger partial charge in [-0.25, -0.2) is 22.8 Å². The average molecular weight is 1180 g/mol. The molecule has 4 aromatic carbocycles. The molecule has 0 saturated carbocycles. The maximum absolute atomic E-state index is 12.6. The number of nitrogens with one attached hydrogen (secondary N) is 1. The molecule has 6 bridgehead atoms. The summed E-state index contributed by atoms with van der Waals surface area (Å²) in [6.07, 6.45) is 12.0. The molecule has 11 nitrogen and oxygen atoms in total. The van der Waals surface area contributed by atoms with Crippen molar-refractivity contribution >= 4 is 47.8 Å². The van der Waals surface area contributed by atoms with Gasteiger partial charge in [-0.1, -0.05) is 97.1 Å². The molecule has 6 heterocycles. The van der Waals surface area contributed by atoms with Gasteiger partial charge < -0.3 is 44.3 Å². The molecule has 2 amide bonds. The van der Waals surface area contributed by atoms with E-state index in [0.717, 1.165) is 84.7 Å². The van der Waals surface area contributed by atoms with Crippen LogP contribution < -0.4 is 5.32 Å². The van der Waals surface area contributed by atoms with Gasteiger partial charge in [0.25, 0.3) is 0 Å². The first-order chi connectivity index (χ1) is 37.8. The first-order valence-corrected chi connectivity index (χ1v) is 29.3. The highest BCUT2D eigenvalue weighted by molar-refractivity contribution is 6.17. The number of amides is 2. The molecule has 0 aliphatic carbocycles. The van der Waals surface area contributed by atoms with E-state index >= 15 is 0 Å². The van der Waals surface area contributed by atoms with Gasteiger partial charge in [-0.05, 0) is 163 Å². The second-order valence-electron chi connectivity index (χ2n) is 23.7. The number of hydrogen-bond acceptors (Lipinski definition) is 9. The van der Waals surface area contributed by atoms with E-state index in [0.29, 0.717) is 67.1 Å². The number of rotatable bonds is 12. The van der Waals surface area contributed by atoms with Gasteiger partial charge in [-0.15, -0.1) is 35.6 Å². The average Bonchev–Trinajstić information content (AvgIpc) is 4.09. The van der Waals surface area contributed by atoms with Gasteiger partial charge in [0.1, 0.15) is 31.2 Å². The Hall–Kier alpha value is -4.12. The van der Waals surface area contributed by atoms with Crippen molar-refractivity contribution in [2.45, 2.75) is 236 Å². The molecule has 6 aliphatic heterocycles. The van der Waals surface area contributed by atoms with Crippen molar-refractivity contribution in [2.75, 3.05) is 0 Å². The summed E-state index contributed by atoms with van der Waals surface area (Å²) >= 11 is 11.1. The Bertz CT molecular complexity index is 2300. The predicted octanol–water partition coefficient (Wildman–Crippen LogP) is 14.7. The van der Waals surface area contributed by atoms with Crippen molar-refractivity contribution < 1.29 is 51.9 Å². The highest BCUT2D eigenvalue weighted by Crippen LogP contribution is 2.39. The number of piperidine rings is 3. The Labute approximate surface area is 490 Å². The fourth-order valence-corrected chi connectivity index (χ4v) is 11.5. The van der Waals surface area contributed by atoms with E-state index in [1.165, 1.54) is 12.8 Å². The molecule has 80 heavy (non-hydrogen) atoms. The van der Waals surface area contributed by atoms with Crippen LogP contribution in [0.1, 0.15) is 163 Å². The summed E-state index contributed by atoms with van der Waals surface area (Å²) in [5.41, 5.74) is 6.45. The summed E-state index contributed by atoms with van der Waals surface area (Å²) < 4.78 is 59.9. The number of hydrogen-bond donors (Lipinski definition) is 3. The third-order valence-electron chi connectivity index (χ3n) is 15.1. The third kappa shape index (κ3) is 21.6. The minimum atomic E-state index is -0.463. The highest BCUT2D eigenvalue weighted by atomic mass is 35.5. The van der Waals surface area contributed by atoms with Gasteiger partial charge in [0, 0.05) is 48.0 Å². The Morgan fingerprint density at radius 3 is 1.11 bits per heavy atom. The summed E-state index contributed by atoms with van der Waals surface area (Å²) in [6, 6.07) is 31.9. The number of halogens is 6. The Morgan fingerprint density at radius 1 is 0.500 bits per heavy atom. The fourth-order valence-electron chi connectivity index (χ4n) is 11.1. The lowest BCUT2D eigenvalue weighted by Crippen LogP contribution is -2.50. The van der Waals surface area contributed by atoms with Crippen LogP contribution in [-0.4, -0.2) is 98.0 Å². The van der Waals surface area contributed by atoms with Crippen molar-refractivity contribution in [2.24, 2.45) is 0 Å². The van der Waals surface area contributed by atoms with E-state index in [-0.39, 0.29) is 67.6 Å². The van der Waals surface area contributed by atoms with E-state index in [1.807, 2.05) is 124 Å². The van der Waals surface area contributed by atoms with Crippen LogP contribution in [0.15, 0.2) is 97.1 Å². The van der Waals surface area contributed by atoms with Crippen LogP contribution in [0.5, 0.6) is 0 Å². The topological polar surface area (TPSA) is 130 Å². The quantitative estimate of drug-likeness (QED) is 0.119. The highest BCUT2D eigenvalue weighted by Gasteiger charge is 2.46. The van der Waals surface area contributed by atoms with Gasteiger partial charge in [0.05, 0.1) is 38.1 Å². The number of aliphatic hydroxyl groups excluding tert-OH is 2. The van der Waals surface area contributed by atoms with Gasteiger partial charge >= 0.3 is 12.2 Å². The molecule has 444 valence electrons. The van der Waals surface area contributed by atoms with Gasteiger partial charge in [-0.3, -0.25) is 0 Å². The Balaban J connectivity index is 0.000000191. The molecule has 0 radical (unpaired) electrons. The molecule has 17 heteroatoms. The number of alkyl halides is 5. The summed E-state index contributed by atoms with van der Waals surface area (Å²) in [7, 11) is 0. The van der Waals surface area contributed by atoms with Crippen LogP contribution in [0.4, 0.5) is 22.8 Å². The molecule has 6 unspecified atom stereocenters. The summed E-state index contributed by atoms with van der Waals surface area (Å²) in [6.45, 7) is 11.4. The van der Waals surface area contributed by atoms with Crippen LogP contribution in [0, 0.1) is 0 Å². The van der Waals surface area contributed by atoms with Crippen molar-refractivity contribution in [3.05, 3.63) is 142 Å². The lowest BCUT2D eigenvalue weighted by atomic mass is 10.00. The van der Waals surface area contributed by atoms with Crippen LogP contribution in [-0.2, 0) is 70.6 Å². The zero-order chi connectivity index (χ0) is 57.1. The van der Waals surface area contributed by atoms with Crippen LogP contribution in [0.25, 0.3) is 0 Å². The van der Waals surface area contributed by atoms with E-state index in [9.17, 15) is 27.9 Å². The smallest absolute Gasteiger partial charge is 0.410 e. The number of carbonyl (C=O) groups is 2. The summed E-state index contributed by atoms with van der Waals surface area (Å²) in [5, 5.41) is 21.9. The largest absolute Gasteiger partial charge is 0.444 e. The Morgan fingerprint density at radius 2 is 0.800 bits per heavy atom. The van der Waals surface area contributed by atoms with E-state index in [4.69, 9.17) is 47.3 Å². The van der Waals surface area contributed by atoms with E-state index < -0.39 is 31.2 Å². The maximum atomic E-state index is 12.6. The first kappa shape index (κ1) is 66.7. The predicted molar refractivity (Wildman–Crippen MR) is 313 cm³/mol. The zero-order valence-electron chi connectivity index (χ0n) is 47.6. The number of aliphatic hydroxyl groups is 2. The van der Waals surface area contributed by atoms with E-state index in [2.05, 4.69) is 5.32 Å². The van der Waals surface area contributed by atoms with Gasteiger partial charge in [0.15, 0.2) is 0 Å². The minimum Gasteiger partial charge on any atom is -0.444 e. The first-order valence-electron chi connectivity index (χ1n) is 28.2. The van der Waals surface area contributed by atoms with Crippen LogP contribution in [0.3, 0.4) is 0 Å². The summed E-state index contributed by atoms with van der Waals surface area (Å²) in [5.74, 6) is 1.03. The maximum Gasteiger partial charge on any atom is 0.410 e. The van der Waals surface area contributed by atoms with E-state index in [1.54, 1.807) is 24.3 Å². The normalized spacial score (nSPS) is 24.2. The molecule has 6 atom stereocenters. The molecule has 0 spiro atoms. The van der Waals surface area contributed by atoms with Crippen molar-refractivity contribution in [3.63, 3.8) is 0 Å². The molecular formula is C63H87Cl3F3N3O8. The zero-order valence-corrected chi connectivity index (χ0v) is 49.9. The molecule has 4 aromatic rings. The monoisotopic (exact) mass is 1180 g/mol. The lowest BCUT2D eigenvalue weighted by Gasteiger charge is -2.39. The van der Waals surface area contributed by atoms with Gasteiger partial charge in [0.2, 0.25) is 0 Å². The molecule has 0 aromatic heterocycles. The fraction of sp³-hybridized carbons (Fsp3) is 0.587. The van der Waals surface area contributed by atoms with Crippen LogP contribution >= 0.6 is 35.6 Å². The second kappa shape index (κ2) is 32.7. The lowest BCUT2D eigenvalue weighted by molar-refractivity contribution is -0.0397. The van der Waals surface area contributed by atoms with Crippen molar-refractivity contribution in [3.8, 4) is 0 Å². The molecular weight excluding hydrogens is 1090 g/mol. The number of benzene rings is 4. The number of fused-ring (bicyclic) bond motifs is 6. The van der Waals surface area contributed by atoms with Crippen molar-refractivity contribution in [1.29, 1.82) is 0 Å². The summed E-state index contributed by atoms with van der Waals surface area (Å²) in [4.78, 5) is 28.2. The van der Waals surface area contributed by atoms with Crippen LogP contribution in [0.2, 0.25) is 0 Å². The minimum absolute atomic E-state index is 0. The third-order valence-corrected chi connectivity index (χ3v) is 15.7. The number of carbonyl (C=O) groups excluding carboxylic acids is 2. The molecule has 3 N–H and O–H groups in total. The van der Waals surface area contributed by atoms with Crippen molar-refractivity contribution in [1.82, 2.24) is 15.1 Å². The number of nitrogens with zero attached hydrogens (tertiary/aromatic N) is 2. The van der Waals surface area contributed by atoms with Gasteiger partial charge in [-0.2, -0.15) is 0 Å². The standard InChI is InChI=1S/C20H28FNO3.C15H20FNO.C12H21NO3.C8H8ClF.C8H9ClO.ClH/c1-20(2,3)25-19(23)22-16-8-9-17(22)11-18(10-16)24-13-15-6-4-14(12-21)5-7-15;16-9-11-1-3-12(4-2-11)10-18-15-7-13-5-6-14(8-15)17-13;1-12(2,3)16-11(15)13-8-4-5-9(13)7-10(14)6-8;2*9-5-7-1-3-8(6-10)4-2-7;/h4-7,16-18H,8-13H2,1-3H3;1-4,13-15,17H,5-10H2;8-10,14H,4-7H2,1-3H3;1-4H,5-6H2;1-4,10H,5-6H2;1H. The molecule has 6 saturated heterocycles.